The third kappa shape index (κ3) is 2.82. The summed E-state index contributed by atoms with van der Waals surface area (Å²) in [4.78, 5) is 11.1. The first kappa shape index (κ1) is 13.3. The summed E-state index contributed by atoms with van der Waals surface area (Å²) in [5.41, 5.74) is 5.39. The van der Waals surface area contributed by atoms with Crippen molar-refractivity contribution in [3.8, 4) is 0 Å². The van der Waals surface area contributed by atoms with E-state index in [1.807, 2.05) is 0 Å². The van der Waals surface area contributed by atoms with Crippen molar-refractivity contribution in [3.05, 3.63) is 11.1 Å². The zero-order chi connectivity index (χ0) is 13.3. The standard InChI is InChI=1S/C10H12ClF3N4/c11-8-16-7(17-9(15)18-8)5-3-1-2-4-6(5)10(12,13)14/h5-6H,1-4H2,(H2,15,16,17,18). The minimum Gasteiger partial charge on any atom is -0.368 e. The molecule has 8 heteroatoms. The second kappa shape index (κ2) is 4.87. The fourth-order valence-corrected chi connectivity index (χ4v) is 2.55. The zero-order valence-electron chi connectivity index (χ0n) is 9.41. The molecule has 0 spiro atoms. The van der Waals surface area contributed by atoms with Crippen molar-refractivity contribution in [2.45, 2.75) is 37.8 Å². The molecule has 1 heterocycles. The average Bonchev–Trinajstić information content (AvgIpc) is 2.26. The molecular weight excluding hydrogens is 269 g/mol. The highest BCUT2D eigenvalue weighted by Crippen LogP contribution is 2.45. The van der Waals surface area contributed by atoms with Gasteiger partial charge in [-0.1, -0.05) is 12.8 Å². The number of aromatic nitrogens is 3. The molecule has 2 unspecified atom stereocenters. The molecule has 100 valence electrons. The number of halogens is 4. The first-order valence-electron chi connectivity index (χ1n) is 5.61. The first-order valence-corrected chi connectivity index (χ1v) is 5.99. The molecule has 2 atom stereocenters. The lowest BCUT2D eigenvalue weighted by molar-refractivity contribution is -0.187. The quantitative estimate of drug-likeness (QED) is 0.859. The Balaban J connectivity index is 2.33. The fourth-order valence-electron chi connectivity index (χ4n) is 2.38. The molecule has 18 heavy (non-hydrogen) atoms. The maximum atomic E-state index is 12.9. The second-order valence-electron chi connectivity index (χ2n) is 4.36. The van der Waals surface area contributed by atoms with Gasteiger partial charge in [-0.15, -0.1) is 0 Å². The summed E-state index contributed by atoms with van der Waals surface area (Å²) < 4.78 is 38.8. The lowest BCUT2D eigenvalue weighted by atomic mass is 9.78. The maximum Gasteiger partial charge on any atom is 0.392 e. The molecule has 1 aliphatic rings. The Morgan fingerprint density at radius 2 is 1.78 bits per heavy atom. The summed E-state index contributed by atoms with van der Waals surface area (Å²) in [6, 6.07) is 0. The molecule has 1 fully saturated rings. The number of alkyl halides is 3. The van der Waals surface area contributed by atoms with E-state index in [0.29, 0.717) is 12.8 Å². The van der Waals surface area contributed by atoms with Crippen molar-refractivity contribution in [2.24, 2.45) is 5.92 Å². The molecule has 1 aromatic rings. The number of anilines is 1. The Morgan fingerprint density at radius 3 is 2.39 bits per heavy atom. The van der Waals surface area contributed by atoms with Crippen LogP contribution in [0.5, 0.6) is 0 Å². The van der Waals surface area contributed by atoms with Gasteiger partial charge >= 0.3 is 6.18 Å². The topological polar surface area (TPSA) is 64.7 Å². The van der Waals surface area contributed by atoms with Crippen LogP contribution in [0.3, 0.4) is 0 Å². The summed E-state index contributed by atoms with van der Waals surface area (Å²) in [5, 5.41) is -0.163. The molecule has 0 amide bonds. The highest BCUT2D eigenvalue weighted by Gasteiger charge is 2.47. The van der Waals surface area contributed by atoms with Crippen molar-refractivity contribution >= 4 is 17.5 Å². The smallest absolute Gasteiger partial charge is 0.368 e. The minimum atomic E-state index is -4.25. The Kier molecular flexibility index (Phi) is 3.61. The van der Waals surface area contributed by atoms with Gasteiger partial charge in [-0.25, -0.2) is 4.98 Å². The molecule has 2 N–H and O–H groups in total. The second-order valence-corrected chi connectivity index (χ2v) is 4.70. The molecule has 0 saturated heterocycles. The van der Waals surface area contributed by atoms with Gasteiger partial charge in [-0.2, -0.15) is 23.1 Å². The lowest BCUT2D eigenvalue weighted by Gasteiger charge is -2.31. The first-order chi connectivity index (χ1) is 8.38. The minimum absolute atomic E-state index is 0.0505. The van der Waals surface area contributed by atoms with Crippen molar-refractivity contribution in [1.82, 2.24) is 15.0 Å². The van der Waals surface area contributed by atoms with Gasteiger partial charge in [0.2, 0.25) is 11.2 Å². The molecule has 4 nitrogen and oxygen atoms in total. The van der Waals surface area contributed by atoms with Crippen molar-refractivity contribution < 1.29 is 13.2 Å². The summed E-state index contributed by atoms with van der Waals surface area (Å²) >= 11 is 5.61. The predicted octanol–water partition coefficient (Wildman–Crippen LogP) is 2.94. The van der Waals surface area contributed by atoms with Crippen LogP contribution in [0.15, 0.2) is 0 Å². The molecule has 0 radical (unpaired) electrons. The van der Waals surface area contributed by atoms with E-state index in [9.17, 15) is 13.2 Å². The van der Waals surface area contributed by atoms with Gasteiger partial charge in [0.25, 0.3) is 0 Å². The average molecular weight is 281 g/mol. The SMILES string of the molecule is Nc1nc(Cl)nc(C2CCCCC2C(F)(F)F)n1. The fraction of sp³-hybridized carbons (Fsp3) is 0.700. The van der Waals surface area contributed by atoms with Gasteiger partial charge in [0, 0.05) is 5.92 Å². The van der Waals surface area contributed by atoms with Crippen LogP contribution >= 0.6 is 11.6 Å². The van der Waals surface area contributed by atoms with E-state index in [1.54, 1.807) is 0 Å². The van der Waals surface area contributed by atoms with Crippen molar-refractivity contribution in [1.29, 1.82) is 0 Å². The lowest BCUT2D eigenvalue weighted by Crippen LogP contribution is -2.32. The largest absolute Gasteiger partial charge is 0.392 e. The van der Waals surface area contributed by atoms with Crippen LogP contribution in [-0.4, -0.2) is 21.1 Å². The van der Waals surface area contributed by atoms with E-state index in [0.717, 1.165) is 6.42 Å². The molecule has 1 aromatic heterocycles. The molecule has 1 aliphatic carbocycles. The van der Waals surface area contributed by atoms with Gasteiger partial charge in [-0.05, 0) is 24.4 Å². The van der Waals surface area contributed by atoms with Gasteiger partial charge in [0.05, 0.1) is 5.92 Å². The van der Waals surface area contributed by atoms with Crippen LogP contribution in [0, 0.1) is 5.92 Å². The third-order valence-corrected chi connectivity index (χ3v) is 3.33. The molecular formula is C10H12ClF3N4. The Bertz CT molecular complexity index is 417. The molecule has 0 aliphatic heterocycles. The van der Waals surface area contributed by atoms with E-state index in [4.69, 9.17) is 17.3 Å². The van der Waals surface area contributed by atoms with Crippen LogP contribution in [0.4, 0.5) is 19.1 Å². The normalized spacial score (nSPS) is 25.1. The zero-order valence-corrected chi connectivity index (χ0v) is 10.2. The van der Waals surface area contributed by atoms with Crippen LogP contribution in [0.1, 0.15) is 37.4 Å². The van der Waals surface area contributed by atoms with Gasteiger partial charge in [0.1, 0.15) is 5.82 Å². The van der Waals surface area contributed by atoms with Gasteiger partial charge in [-0.3, -0.25) is 0 Å². The van der Waals surface area contributed by atoms with Gasteiger partial charge in [0.15, 0.2) is 0 Å². The number of hydrogen-bond donors (Lipinski definition) is 1. The number of nitrogen functional groups attached to an aromatic ring is 1. The van der Waals surface area contributed by atoms with E-state index in [1.165, 1.54) is 0 Å². The summed E-state index contributed by atoms with van der Waals surface area (Å²) in [5.74, 6) is -2.29. The molecule has 1 saturated carbocycles. The van der Waals surface area contributed by atoms with E-state index in [2.05, 4.69) is 15.0 Å². The monoisotopic (exact) mass is 280 g/mol. The predicted molar refractivity (Wildman–Crippen MR) is 60.0 cm³/mol. The third-order valence-electron chi connectivity index (χ3n) is 3.16. The highest BCUT2D eigenvalue weighted by atomic mass is 35.5. The van der Waals surface area contributed by atoms with E-state index < -0.39 is 18.0 Å². The number of hydrogen-bond acceptors (Lipinski definition) is 4. The van der Waals surface area contributed by atoms with Gasteiger partial charge < -0.3 is 5.73 Å². The number of nitrogens with zero attached hydrogens (tertiary/aromatic N) is 3. The number of rotatable bonds is 1. The Hall–Kier alpha value is -1.11. The maximum absolute atomic E-state index is 12.9. The van der Waals surface area contributed by atoms with E-state index >= 15 is 0 Å². The molecule has 2 rings (SSSR count). The summed E-state index contributed by atoms with van der Waals surface area (Å²) in [6.07, 6.45) is -2.48. The van der Waals surface area contributed by atoms with Crippen molar-refractivity contribution in [3.63, 3.8) is 0 Å². The summed E-state index contributed by atoms with van der Waals surface area (Å²) in [6.45, 7) is 0. The molecule has 0 aromatic carbocycles. The van der Waals surface area contributed by atoms with Crippen LogP contribution in [0.25, 0.3) is 0 Å². The Morgan fingerprint density at radius 1 is 1.11 bits per heavy atom. The van der Waals surface area contributed by atoms with Crippen molar-refractivity contribution in [2.75, 3.05) is 5.73 Å². The van der Waals surface area contributed by atoms with Crippen LogP contribution < -0.4 is 5.73 Å². The molecule has 0 bridgehead atoms. The number of nitrogens with two attached hydrogens (primary N) is 1. The Labute approximate surface area is 107 Å². The summed E-state index contributed by atoms with van der Waals surface area (Å²) in [7, 11) is 0. The van der Waals surface area contributed by atoms with E-state index in [-0.39, 0.29) is 23.5 Å². The van der Waals surface area contributed by atoms with Crippen LogP contribution in [-0.2, 0) is 0 Å². The van der Waals surface area contributed by atoms with Crippen LogP contribution in [0.2, 0.25) is 5.28 Å². The highest BCUT2D eigenvalue weighted by molar-refractivity contribution is 6.28.